The number of nitrogens with zero attached hydrogens (tertiary/aromatic N) is 3. The van der Waals surface area contributed by atoms with Gasteiger partial charge in [0.1, 0.15) is 5.75 Å². The van der Waals surface area contributed by atoms with E-state index in [1.807, 2.05) is 0 Å². The summed E-state index contributed by atoms with van der Waals surface area (Å²) in [4.78, 5) is 33.3. The van der Waals surface area contributed by atoms with E-state index in [4.69, 9.17) is 4.74 Å². The van der Waals surface area contributed by atoms with E-state index in [1.54, 1.807) is 21.0 Å². The van der Waals surface area contributed by atoms with Crippen molar-refractivity contribution in [3.8, 4) is 5.75 Å². The highest BCUT2D eigenvalue weighted by molar-refractivity contribution is 7.90. The Bertz CT molecular complexity index is 1880. The second-order valence-corrected chi connectivity index (χ2v) is 17.5. The van der Waals surface area contributed by atoms with Gasteiger partial charge in [0.25, 0.3) is 5.91 Å². The number of likely N-dealkylation sites (tertiary alicyclic amines) is 1. The molecular weight excluding hydrogens is 625 g/mol. The second-order valence-electron chi connectivity index (χ2n) is 15.2. The zero-order valence-electron chi connectivity index (χ0n) is 28.6. The highest BCUT2D eigenvalue weighted by Gasteiger charge is 2.50. The zero-order valence-corrected chi connectivity index (χ0v) is 29.4. The molecule has 2 aromatic rings. The molecule has 3 aliphatic carbocycles. The fourth-order valence-electron chi connectivity index (χ4n) is 9.68. The molecule has 3 aliphatic heterocycles. The minimum Gasteiger partial charge on any atom is -0.496 e. The number of likely N-dealkylation sites (N-methyl/N-ethyl adjacent to an activating group) is 1. The van der Waals surface area contributed by atoms with Crippen LogP contribution in [0.4, 0.5) is 0 Å². The van der Waals surface area contributed by atoms with E-state index >= 15 is 0 Å². The number of nitrogens with one attached hydrogen (secondary N) is 1. The molecule has 8 rings (SSSR count). The van der Waals surface area contributed by atoms with E-state index in [-0.39, 0.29) is 29.8 Å². The highest BCUT2D eigenvalue weighted by Crippen LogP contribution is 2.55. The van der Waals surface area contributed by atoms with Gasteiger partial charge in [-0.15, -0.1) is 0 Å². The number of carbonyl (C=O) groups excluding carboxylic acids is 2. The molecule has 6 aliphatic rings. The van der Waals surface area contributed by atoms with Crippen LogP contribution in [0.1, 0.15) is 94.7 Å². The lowest BCUT2D eigenvalue weighted by Gasteiger charge is -2.51. The molecule has 256 valence electrons. The van der Waals surface area contributed by atoms with Crippen LogP contribution in [0.5, 0.6) is 5.75 Å². The molecule has 4 heterocycles. The Labute approximate surface area is 284 Å². The Morgan fingerprint density at radius 1 is 1.00 bits per heavy atom. The molecule has 1 aromatic heterocycles. The molecule has 2 saturated heterocycles. The topological polar surface area (TPSA) is 101 Å². The summed E-state index contributed by atoms with van der Waals surface area (Å²) in [5, 5.41) is 0.316. The summed E-state index contributed by atoms with van der Waals surface area (Å²) >= 11 is 0. The number of allylic oxidation sites excluding steroid dienone is 4. The quantitative estimate of drug-likeness (QED) is 0.434. The van der Waals surface area contributed by atoms with Gasteiger partial charge in [-0.25, -0.2) is 13.1 Å². The third-order valence-corrected chi connectivity index (χ3v) is 13.8. The molecule has 0 spiro atoms. The molecule has 1 N–H and O–H groups in total. The number of hydrogen-bond acceptors (Lipinski definition) is 6. The van der Waals surface area contributed by atoms with E-state index in [9.17, 15) is 18.0 Å². The Hall–Kier alpha value is -3.37. The van der Waals surface area contributed by atoms with Crippen molar-refractivity contribution in [2.45, 2.75) is 107 Å². The predicted molar refractivity (Wildman–Crippen MR) is 186 cm³/mol. The first kappa shape index (κ1) is 31.9. The Balaban J connectivity index is 1.30. The molecule has 10 heteroatoms. The van der Waals surface area contributed by atoms with E-state index < -0.39 is 21.2 Å². The average molecular weight is 673 g/mol. The van der Waals surface area contributed by atoms with Gasteiger partial charge in [-0.1, -0.05) is 37.5 Å². The minimum absolute atomic E-state index is 0.207. The molecule has 3 fully saturated rings. The lowest BCUT2D eigenvalue weighted by Crippen LogP contribution is -2.63. The second kappa shape index (κ2) is 11.9. The highest BCUT2D eigenvalue weighted by atomic mass is 32.2. The first-order valence-electron chi connectivity index (χ1n) is 18.0. The monoisotopic (exact) mass is 672 g/mol. The smallest absolute Gasteiger partial charge is 0.265 e. The summed E-state index contributed by atoms with van der Waals surface area (Å²) in [5.41, 5.74) is 6.65. The Morgan fingerprint density at radius 2 is 1.73 bits per heavy atom. The summed E-state index contributed by atoms with van der Waals surface area (Å²) in [6.07, 6.45) is 14.0. The number of benzene rings is 1. The van der Waals surface area contributed by atoms with Crippen molar-refractivity contribution in [2.24, 2.45) is 5.92 Å². The number of rotatable bonds is 6. The van der Waals surface area contributed by atoms with Crippen LogP contribution >= 0.6 is 0 Å². The maximum absolute atomic E-state index is 14.9. The van der Waals surface area contributed by atoms with Crippen LogP contribution in [0.2, 0.25) is 0 Å². The largest absolute Gasteiger partial charge is 0.496 e. The van der Waals surface area contributed by atoms with Gasteiger partial charge < -0.3 is 19.1 Å². The zero-order chi connectivity index (χ0) is 33.5. The maximum atomic E-state index is 14.9. The number of fused-ring (bicyclic) bond motifs is 8. The normalized spacial score (nSPS) is 27.5. The molecule has 3 unspecified atom stereocenters. The average Bonchev–Trinajstić information content (AvgIpc) is 3.69. The van der Waals surface area contributed by atoms with E-state index in [0.717, 1.165) is 84.3 Å². The number of carbonyl (C=O) groups is 2. The fraction of sp³-hybridized carbons (Fsp3) is 0.579. The van der Waals surface area contributed by atoms with Crippen molar-refractivity contribution in [3.05, 3.63) is 63.9 Å². The van der Waals surface area contributed by atoms with Crippen LogP contribution in [-0.4, -0.2) is 79.2 Å². The summed E-state index contributed by atoms with van der Waals surface area (Å²) in [7, 11) is 0.0588. The van der Waals surface area contributed by atoms with Crippen LogP contribution < -0.4 is 9.46 Å². The number of ether oxygens (including phenoxy) is 1. The molecule has 9 nitrogen and oxygen atoms in total. The molecule has 2 amide bonds. The number of hydrogen-bond donors (Lipinski definition) is 1. The number of aromatic nitrogens is 1. The summed E-state index contributed by atoms with van der Waals surface area (Å²) in [6, 6.07) is 7.00. The van der Waals surface area contributed by atoms with Gasteiger partial charge in [-0.05, 0) is 99.8 Å². The maximum Gasteiger partial charge on any atom is 0.265 e. The van der Waals surface area contributed by atoms with Gasteiger partial charge >= 0.3 is 0 Å². The van der Waals surface area contributed by atoms with Gasteiger partial charge in [0.15, 0.2) is 0 Å². The molecule has 48 heavy (non-hydrogen) atoms. The van der Waals surface area contributed by atoms with Crippen LogP contribution in [0, 0.1) is 5.92 Å². The first-order chi connectivity index (χ1) is 23.1. The number of amides is 2. The van der Waals surface area contributed by atoms with Crippen molar-refractivity contribution < 1.29 is 22.7 Å². The van der Waals surface area contributed by atoms with Crippen molar-refractivity contribution in [3.63, 3.8) is 0 Å². The lowest BCUT2D eigenvalue weighted by atomic mass is 9.75. The summed E-state index contributed by atoms with van der Waals surface area (Å²) < 4.78 is 36.3. The summed E-state index contributed by atoms with van der Waals surface area (Å²) in [6.45, 7) is 5.39. The molecular formula is C38H48N4O5S. The SMILES string of the molecule is COc1ccc(C2CCCCC2)c2c1cc1n2CC2=C(C(=O)NS(=O)(=O)C(C)C)C2=C2C=CC[C@@H](C(=O)N3C4CCCC3CN(C)C4)C21. The van der Waals surface area contributed by atoms with Crippen LogP contribution in [0.15, 0.2) is 52.6 Å². The van der Waals surface area contributed by atoms with Gasteiger partial charge in [0.2, 0.25) is 15.9 Å². The van der Waals surface area contributed by atoms with Crippen molar-refractivity contribution in [1.29, 1.82) is 0 Å². The third-order valence-electron chi connectivity index (χ3n) is 12.0. The fourth-order valence-corrected chi connectivity index (χ4v) is 10.3. The molecule has 1 aromatic carbocycles. The number of piperidine rings is 1. The van der Waals surface area contributed by atoms with E-state index in [0.29, 0.717) is 24.5 Å². The van der Waals surface area contributed by atoms with Crippen molar-refractivity contribution >= 4 is 32.7 Å². The molecule has 2 bridgehead atoms. The number of sulfonamides is 1. The van der Waals surface area contributed by atoms with Gasteiger partial charge in [-0.2, -0.15) is 0 Å². The number of piperazine rings is 1. The molecule has 0 radical (unpaired) electrons. The Kier molecular flexibility index (Phi) is 7.90. The standard InChI is InChI=1S/C38H48N4O5S/c1-22(2)48(45,46)39-37(43)35-30-21-41-31(18-29-32(47-4)17-16-26(36(29)41)23-10-6-5-7-11-23)33-27(34(30)35)14-9-15-28(33)38(44)42-24-12-8-13-25(42)20-40(3)19-24/h9,14,16-18,22-25,28,33H,5-8,10-13,15,19-21H2,1-4H3,(H,39,43)/t24?,25?,28-,33?/m1/s1. The lowest BCUT2D eigenvalue weighted by molar-refractivity contribution is -0.147. The molecule has 1 saturated carbocycles. The van der Waals surface area contributed by atoms with Crippen LogP contribution in [0.25, 0.3) is 10.9 Å². The van der Waals surface area contributed by atoms with Gasteiger partial charge in [0.05, 0.1) is 29.4 Å². The van der Waals surface area contributed by atoms with Crippen LogP contribution in [-0.2, 0) is 26.2 Å². The first-order valence-corrected chi connectivity index (χ1v) is 19.5. The van der Waals surface area contributed by atoms with Crippen molar-refractivity contribution in [2.75, 3.05) is 27.2 Å². The van der Waals surface area contributed by atoms with Crippen molar-refractivity contribution in [1.82, 2.24) is 19.1 Å². The summed E-state index contributed by atoms with van der Waals surface area (Å²) in [5.74, 6) is 0.296. The van der Waals surface area contributed by atoms with Gasteiger partial charge in [0, 0.05) is 48.7 Å². The predicted octanol–water partition coefficient (Wildman–Crippen LogP) is 5.53. The van der Waals surface area contributed by atoms with E-state index in [2.05, 4.69) is 56.5 Å². The number of methoxy groups -OCH3 is 1. The van der Waals surface area contributed by atoms with Crippen LogP contribution in [0.3, 0.4) is 0 Å². The molecule has 4 atom stereocenters. The third kappa shape index (κ3) is 5.08. The minimum atomic E-state index is -3.81. The van der Waals surface area contributed by atoms with E-state index in [1.165, 1.54) is 24.8 Å². The Morgan fingerprint density at radius 3 is 2.42 bits per heavy atom. The van der Waals surface area contributed by atoms with Gasteiger partial charge in [-0.3, -0.25) is 9.59 Å².